The maximum Gasteiger partial charge on any atom is 0.257 e. The van der Waals surface area contributed by atoms with E-state index >= 15 is 0 Å². The maximum atomic E-state index is 12.7. The van der Waals surface area contributed by atoms with Crippen LogP contribution in [-0.4, -0.2) is 71.8 Å². The molecule has 3 aliphatic heterocycles. The average molecular weight is 359 g/mol. The van der Waals surface area contributed by atoms with Gasteiger partial charge in [0.05, 0.1) is 17.7 Å². The molecule has 4 rings (SSSR count). The third-order valence-corrected chi connectivity index (χ3v) is 6.26. The lowest BCUT2D eigenvalue weighted by molar-refractivity contribution is -0.136. The lowest BCUT2D eigenvalue weighted by Crippen LogP contribution is -2.51. The Kier molecular flexibility index (Phi) is 5.29. The highest BCUT2D eigenvalue weighted by atomic mass is 16.3. The number of carbonyl (C=O) groups excluding carboxylic acids is 2. The number of likely N-dealkylation sites (tertiary alicyclic amines) is 3. The van der Waals surface area contributed by atoms with E-state index in [0.717, 1.165) is 77.8 Å². The minimum atomic E-state index is 0.0675. The van der Waals surface area contributed by atoms with E-state index in [1.54, 1.807) is 12.3 Å². The fourth-order valence-corrected chi connectivity index (χ4v) is 4.74. The van der Waals surface area contributed by atoms with Crippen LogP contribution in [0, 0.1) is 5.92 Å². The molecule has 1 aromatic rings. The van der Waals surface area contributed by atoms with Gasteiger partial charge in [-0.3, -0.25) is 14.5 Å². The second kappa shape index (κ2) is 7.82. The van der Waals surface area contributed by atoms with Crippen LogP contribution in [0.15, 0.2) is 23.0 Å². The molecule has 26 heavy (non-hydrogen) atoms. The molecule has 3 saturated heterocycles. The van der Waals surface area contributed by atoms with Crippen molar-refractivity contribution < 1.29 is 14.0 Å². The zero-order chi connectivity index (χ0) is 17.9. The minimum Gasteiger partial charge on any atom is -0.472 e. The van der Waals surface area contributed by atoms with Gasteiger partial charge in [-0.2, -0.15) is 0 Å². The molecule has 0 aliphatic carbocycles. The van der Waals surface area contributed by atoms with Crippen LogP contribution in [0.1, 0.15) is 48.9 Å². The summed E-state index contributed by atoms with van der Waals surface area (Å²) in [5, 5.41) is 0. The van der Waals surface area contributed by atoms with Gasteiger partial charge in [0.15, 0.2) is 0 Å². The number of nitrogens with zero attached hydrogens (tertiary/aromatic N) is 3. The lowest BCUT2D eigenvalue weighted by Gasteiger charge is -2.42. The van der Waals surface area contributed by atoms with Crippen molar-refractivity contribution in [3.05, 3.63) is 24.2 Å². The van der Waals surface area contributed by atoms with Gasteiger partial charge >= 0.3 is 0 Å². The fourth-order valence-electron chi connectivity index (χ4n) is 4.74. The van der Waals surface area contributed by atoms with Crippen molar-refractivity contribution in [1.29, 1.82) is 0 Å². The molecular weight excluding hydrogens is 330 g/mol. The van der Waals surface area contributed by atoms with E-state index in [9.17, 15) is 9.59 Å². The second-order valence-electron chi connectivity index (χ2n) is 7.90. The molecule has 0 N–H and O–H groups in total. The van der Waals surface area contributed by atoms with Gasteiger partial charge in [-0.15, -0.1) is 0 Å². The molecule has 1 unspecified atom stereocenters. The van der Waals surface area contributed by atoms with Gasteiger partial charge in [0.25, 0.3) is 5.91 Å². The Bertz CT molecular complexity index is 616. The highest BCUT2D eigenvalue weighted by Crippen LogP contribution is 2.26. The number of amides is 2. The predicted molar refractivity (Wildman–Crippen MR) is 97.7 cm³/mol. The van der Waals surface area contributed by atoms with E-state index in [1.807, 2.05) is 4.90 Å². The summed E-state index contributed by atoms with van der Waals surface area (Å²) in [5.41, 5.74) is 0.637. The summed E-state index contributed by atoms with van der Waals surface area (Å²) in [6, 6.07) is 2.23. The second-order valence-corrected chi connectivity index (χ2v) is 7.90. The summed E-state index contributed by atoms with van der Waals surface area (Å²) >= 11 is 0. The molecule has 1 atom stereocenters. The molecular formula is C20H29N3O3. The van der Waals surface area contributed by atoms with E-state index in [-0.39, 0.29) is 11.8 Å². The molecule has 1 aromatic heterocycles. The normalized spacial score (nSPS) is 25.6. The molecule has 3 aliphatic rings. The van der Waals surface area contributed by atoms with Crippen LogP contribution in [0.25, 0.3) is 0 Å². The minimum absolute atomic E-state index is 0.0675. The molecule has 0 spiro atoms. The Balaban J connectivity index is 1.30. The van der Waals surface area contributed by atoms with Gasteiger partial charge in [0.1, 0.15) is 6.26 Å². The third kappa shape index (κ3) is 3.65. The number of piperidine rings is 2. The van der Waals surface area contributed by atoms with Gasteiger partial charge in [0, 0.05) is 38.8 Å². The van der Waals surface area contributed by atoms with Crippen LogP contribution in [0.4, 0.5) is 0 Å². The van der Waals surface area contributed by atoms with E-state index in [0.29, 0.717) is 17.5 Å². The van der Waals surface area contributed by atoms with Gasteiger partial charge in [-0.05, 0) is 51.1 Å². The van der Waals surface area contributed by atoms with Gasteiger partial charge in [-0.1, -0.05) is 0 Å². The number of hydrogen-bond donors (Lipinski definition) is 0. The first-order valence-electron chi connectivity index (χ1n) is 10.1. The highest BCUT2D eigenvalue weighted by Gasteiger charge is 2.34. The molecule has 0 radical (unpaired) electrons. The Morgan fingerprint density at radius 1 is 0.923 bits per heavy atom. The Labute approximate surface area is 155 Å². The van der Waals surface area contributed by atoms with Crippen LogP contribution in [0.3, 0.4) is 0 Å². The molecule has 0 saturated carbocycles. The Hall–Kier alpha value is -1.82. The average Bonchev–Trinajstić information content (AvgIpc) is 3.41. The summed E-state index contributed by atoms with van der Waals surface area (Å²) in [6.07, 6.45) is 9.51. The van der Waals surface area contributed by atoms with Gasteiger partial charge in [0.2, 0.25) is 5.91 Å². The van der Waals surface area contributed by atoms with Crippen molar-refractivity contribution >= 4 is 11.8 Å². The molecule has 4 heterocycles. The maximum absolute atomic E-state index is 12.7. The largest absolute Gasteiger partial charge is 0.472 e. The summed E-state index contributed by atoms with van der Waals surface area (Å²) in [6.45, 7) is 5.46. The number of rotatable bonds is 3. The van der Waals surface area contributed by atoms with Crippen molar-refractivity contribution in [3.8, 4) is 0 Å². The highest BCUT2D eigenvalue weighted by molar-refractivity contribution is 5.93. The molecule has 6 heteroatoms. The van der Waals surface area contributed by atoms with Crippen molar-refractivity contribution in [2.24, 2.45) is 5.92 Å². The molecule has 142 valence electrons. The number of hydrogen-bond acceptors (Lipinski definition) is 4. The van der Waals surface area contributed by atoms with Crippen LogP contribution < -0.4 is 0 Å². The fraction of sp³-hybridized carbons (Fsp3) is 0.700. The van der Waals surface area contributed by atoms with E-state index in [4.69, 9.17) is 4.42 Å². The van der Waals surface area contributed by atoms with Crippen molar-refractivity contribution in [2.45, 2.75) is 44.6 Å². The van der Waals surface area contributed by atoms with E-state index < -0.39 is 0 Å². The van der Waals surface area contributed by atoms with Crippen molar-refractivity contribution in [2.75, 3.05) is 39.3 Å². The van der Waals surface area contributed by atoms with Gasteiger partial charge < -0.3 is 14.2 Å². The lowest BCUT2D eigenvalue weighted by atomic mass is 9.93. The zero-order valence-electron chi connectivity index (χ0n) is 15.4. The zero-order valence-corrected chi connectivity index (χ0v) is 15.4. The Morgan fingerprint density at radius 2 is 1.69 bits per heavy atom. The summed E-state index contributed by atoms with van der Waals surface area (Å²) in [4.78, 5) is 31.7. The molecule has 0 aromatic carbocycles. The third-order valence-electron chi connectivity index (χ3n) is 6.26. The number of carbonyl (C=O) groups is 2. The topological polar surface area (TPSA) is 57.0 Å². The van der Waals surface area contributed by atoms with Crippen molar-refractivity contribution in [1.82, 2.24) is 14.7 Å². The van der Waals surface area contributed by atoms with E-state index in [1.165, 1.54) is 6.26 Å². The SMILES string of the molecule is O=C(c1ccoc1)N1CCC(N2CCCC(C(=O)N3CCCC3)C2)CC1. The first kappa shape index (κ1) is 17.6. The van der Waals surface area contributed by atoms with Gasteiger partial charge in [-0.25, -0.2) is 0 Å². The molecule has 0 bridgehead atoms. The summed E-state index contributed by atoms with van der Waals surface area (Å²) < 4.78 is 5.03. The van der Waals surface area contributed by atoms with Crippen LogP contribution >= 0.6 is 0 Å². The molecule has 2 amide bonds. The van der Waals surface area contributed by atoms with E-state index in [2.05, 4.69) is 9.80 Å². The predicted octanol–water partition coefficient (Wildman–Crippen LogP) is 2.22. The number of furan rings is 1. The molecule has 3 fully saturated rings. The van der Waals surface area contributed by atoms with Crippen LogP contribution in [0.2, 0.25) is 0 Å². The Morgan fingerprint density at radius 3 is 2.38 bits per heavy atom. The first-order valence-corrected chi connectivity index (χ1v) is 10.1. The molecule has 6 nitrogen and oxygen atoms in total. The smallest absolute Gasteiger partial charge is 0.257 e. The quantitative estimate of drug-likeness (QED) is 0.830. The monoisotopic (exact) mass is 359 g/mol. The first-order chi connectivity index (χ1) is 12.7. The van der Waals surface area contributed by atoms with Crippen LogP contribution in [0.5, 0.6) is 0 Å². The standard InChI is InChI=1S/C20H29N3O3/c24-19(21-8-1-2-9-21)16-4-3-10-23(14-16)18-5-11-22(12-6-18)20(25)17-7-13-26-15-17/h7,13,15-16,18H,1-6,8-12,14H2. The summed E-state index contributed by atoms with van der Waals surface area (Å²) in [7, 11) is 0. The van der Waals surface area contributed by atoms with Crippen molar-refractivity contribution in [3.63, 3.8) is 0 Å². The van der Waals surface area contributed by atoms with Crippen LogP contribution in [-0.2, 0) is 4.79 Å². The summed E-state index contributed by atoms with van der Waals surface area (Å²) in [5.74, 6) is 0.616.